The molecule has 2 nitrogen and oxygen atoms in total. The zero-order valence-corrected chi connectivity index (χ0v) is 11.4. The van der Waals surface area contributed by atoms with E-state index in [0.29, 0.717) is 11.1 Å². The first-order chi connectivity index (χ1) is 9.49. The number of carbonyl (C=O) groups is 1. The Hall–Kier alpha value is -1.97. The lowest BCUT2D eigenvalue weighted by Gasteiger charge is -2.08. The maximum atomic E-state index is 12.9. The van der Waals surface area contributed by atoms with Gasteiger partial charge in [0.1, 0.15) is 0 Å². The van der Waals surface area contributed by atoms with Crippen molar-refractivity contribution in [1.82, 2.24) is 0 Å². The molecule has 0 aliphatic heterocycles. The van der Waals surface area contributed by atoms with Gasteiger partial charge in [0.05, 0.1) is 12.7 Å². The van der Waals surface area contributed by atoms with Gasteiger partial charge in [-0.1, -0.05) is 42.5 Å². The Kier molecular flexibility index (Phi) is 4.02. The maximum Gasteiger partial charge on any atom is 0.338 e. The zero-order valence-electron chi connectivity index (χ0n) is 11.4. The van der Waals surface area contributed by atoms with Crippen molar-refractivity contribution in [2.24, 2.45) is 5.92 Å². The van der Waals surface area contributed by atoms with Gasteiger partial charge in [-0.05, 0) is 18.1 Å². The molecule has 1 aliphatic carbocycles. The molecule has 0 amide bonds. The topological polar surface area (TPSA) is 26.3 Å². The van der Waals surface area contributed by atoms with Crippen LogP contribution in [0.5, 0.6) is 0 Å². The Balaban J connectivity index is 2.29. The molecule has 0 aromatic heterocycles. The van der Waals surface area contributed by atoms with Crippen molar-refractivity contribution in [2.45, 2.75) is 19.3 Å². The molecule has 20 heavy (non-hydrogen) atoms. The monoisotopic (exact) mass is 278 g/mol. The van der Waals surface area contributed by atoms with Crippen LogP contribution in [0.4, 0.5) is 8.78 Å². The minimum Gasteiger partial charge on any atom is -0.465 e. The minimum atomic E-state index is -2.57. The van der Waals surface area contributed by atoms with Gasteiger partial charge in [-0.25, -0.2) is 13.6 Å². The number of benzene rings is 1. The molecule has 1 aromatic rings. The van der Waals surface area contributed by atoms with Crippen LogP contribution in [0.25, 0.3) is 11.6 Å². The SMILES string of the molecule is C/C=C(/C(=O)OC)c1ccccc1/C=C/C1CC1(F)F. The summed E-state index contributed by atoms with van der Waals surface area (Å²) in [7, 11) is 1.31. The lowest BCUT2D eigenvalue weighted by Crippen LogP contribution is -2.04. The van der Waals surface area contributed by atoms with E-state index in [4.69, 9.17) is 4.74 Å². The van der Waals surface area contributed by atoms with E-state index in [9.17, 15) is 13.6 Å². The van der Waals surface area contributed by atoms with Crippen molar-refractivity contribution >= 4 is 17.6 Å². The molecule has 0 N–H and O–H groups in total. The molecular weight excluding hydrogens is 262 g/mol. The summed E-state index contributed by atoms with van der Waals surface area (Å²) in [5, 5.41) is 0. The Morgan fingerprint density at radius 2 is 2.05 bits per heavy atom. The van der Waals surface area contributed by atoms with Crippen LogP contribution in [0.3, 0.4) is 0 Å². The lowest BCUT2D eigenvalue weighted by molar-refractivity contribution is -0.133. The summed E-state index contributed by atoms with van der Waals surface area (Å²) in [4.78, 5) is 11.7. The molecule has 1 aliphatic rings. The zero-order chi connectivity index (χ0) is 14.8. The van der Waals surface area contributed by atoms with Gasteiger partial charge >= 0.3 is 5.97 Å². The van der Waals surface area contributed by atoms with Crippen LogP contribution in [0.2, 0.25) is 0 Å². The number of carbonyl (C=O) groups excluding carboxylic acids is 1. The Bertz CT molecular complexity index is 574. The molecule has 1 saturated carbocycles. The summed E-state index contributed by atoms with van der Waals surface area (Å²) in [6.07, 6.45) is 4.71. The third-order valence-electron chi connectivity index (χ3n) is 3.33. The van der Waals surface area contributed by atoms with Crippen LogP contribution in [0, 0.1) is 5.92 Å². The second-order valence-electron chi connectivity index (χ2n) is 4.71. The second kappa shape index (κ2) is 5.57. The predicted octanol–water partition coefficient (Wildman–Crippen LogP) is 3.93. The number of esters is 1. The molecule has 0 radical (unpaired) electrons. The number of hydrogen-bond acceptors (Lipinski definition) is 2. The van der Waals surface area contributed by atoms with Crippen LogP contribution >= 0.6 is 0 Å². The first-order valence-corrected chi connectivity index (χ1v) is 6.39. The fourth-order valence-corrected chi connectivity index (χ4v) is 2.04. The highest BCUT2D eigenvalue weighted by molar-refractivity contribution is 6.17. The fourth-order valence-electron chi connectivity index (χ4n) is 2.04. The van der Waals surface area contributed by atoms with Crippen molar-refractivity contribution in [2.75, 3.05) is 7.11 Å². The fraction of sp³-hybridized carbons (Fsp3) is 0.312. The molecule has 4 heteroatoms. The third-order valence-corrected chi connectivity index (χ3v) is 3.33. The molecule has 1 fully saturated rings. The van der Waals surface area contributed by atoms with E-state index >= 15 is 0 Å². The normalized spacial score (nSPS) is 21.0. The van der Waals surface area contributed by atoms with E-state index in [2.05, 4.69) is 0 Å². The van der Waals surface area contributed by atoms with E-state index < -0.39 is 17.8 Å². The molecular formula is C16H16F2O2. The molecule has 1 atom stereocenters. The summed E-state index contributed by atoms with van der Waals surface area (Å²) >= 11 is 0. The predicted molar refractivity (Wildman–Crippen MR) is 74.2 cm³/mol. The second-order valence-corrected chi connectivity index (χ2v) is 4.71. The first kappa shape index (κ1) is 14.4. The summed E-state index contributed by atoms with van der Waals surface area (Å²) < 4.78 is 30.5. The van der Waals surface area contributed by atoms with Crippen molar-refractivity contribution in [3.63, 3.8) is 0 Å². The highest BCUT2D eigenvalue weighted by Crippen LogP contribution is 2.49. The largest absolute Gasteiger partial charge is 0.465 e. The van der Waals surface area contributed by atoms with Gasteiger partial charge in [-0.3, -0.25) is 0 Å². The summed E-state index contributed by atoms with van der Waals surface area (Å²) in [5.74, 6) is -3.70. The van der Waals surface area contributed by atoms with Gasteiger partial charge in [0, 0.05) is 12.3 Å². The van der Waals surface area contributed by atoms with Gasteiger partial charge in [0.15, 0.2) is 0 Å². The number of halogens is 2. The molecule has 0 spiro atoms. The number of rotatable bonds is 4. The van der Waals surface area contributed by atoms with E-state index in [1.165, 1.54) is 13.2 Å². The van der Waals surface area contributed by atoms with Gasteiger partial charge in [-0.2, -0.15) is 0 Å². The van der Waals surface area contributed by atoms with E-state index in [1.807, 2.05) is 0 Å². The highest BCUT2D eigenvalue weighted by Gasteiger charge is 2.55. The Morgan fingerprint density at radius 1 is 1.40 bits per heavy atom. The average Bonchev–Trinajstić information content (AvgIpc) is 3.05. The third kappa shape index (κ3) is 2.95. The molecule has 1 unspecified atom stereocenters. The molecule has 1 aromatic carbocycles. The van der Waals surface area contributed by atoms with Crippen molar-refractivity contribution in [3.05, 3.63) is 47.5 Å². The average molecular weight is 278 g/mol. The number of alkyl halides is 2. The maximum absolute atomic E-state index is 12.9. The van der Waals surface area contributed by atoms with E-state index in [0.717, 1.165) is 5.56 Å². The van der Waals surface area contributed by atoms with Gasteiger partial charge in [-0.15, -0.1) is 0 Å². The highest BCUT2D eigenvalue weighted by atomic mass is 19.3. The van der Waals surface area contributed by atoms with Gasteiger partial charge in [0.2, 0.25) is 0 Å². The first-order valence-electron chi connectivity index (χ1n) is 6.39. The van der Waals surface area contributed by atoms with Crippen molar-refractivity contribution in [3.8, 4) is 0 Å². The molecule has 0 saturated heterocycles. The number of ether oxygens (including phenoxy) is 1. The van der Waals surface area contributed by atoms with Crippen LogP contribution in [0.1, 0.15) is 24.5 Å². The van der Waals surface area contributed by atoms with E-state index in [1.54, 1.807) is 43.3 Å². The van der Waals surface area contributed by atoms with Crippen LogP contribution in [-0.4, -0.2) is 19.0 Å². The molecule has 0 bridgehead atoms. The van der Waals surface area contributed by atoms with Crippen LogP contribution in [0.15, 0.2) is 36.4 Å². The molecule has 106 valence electrons. The standard InChI is InChI=1S/C16H16F2O2/c1-3-13(15(19)20-2)14-7-5-4-6-11(14)8-9-12-10-16(12,17)18/h3-9,12H,10H2,1-2H3/b9-8+,13-3+. The molecule has 2 rings (SSSR count). The summed E-state index contributed by atoms with van der Waals surface area (Å²) in [5.41, 5.74) is 1.84. The van der Waals surface area contributed by atoms with Crippen LogP contribution < -0.4 is 0 Å². The van der Waals surface area contributed by atoms with Crippen molar-refractivity contribution < 1.29 is 18.3 Å². The summed E-state index contributed by atoms with van der Waals surface area (Å²) in [6, 6.07) is 7.17. The van der Waals surface area contributed by atoms with E-state index in [-0.39, 0.29) is 6.42 Å². The lowest BCUT2D eigenvalue weighted by atomic mass is 9.99. The Morgan fingerprint density at radius 3 is 2.60 bits per heavy atom. The van der Waals surface area contributed by atoms with Gasteiger partial charge < -0.3 is 4.74 Å². The minimum absolute atomic E-state index is 0.0981. The quantitative estimate of drug-likeness (QED) is 0.616. The number of allylic oxidation sites excluding steroid dienone is 2. The van der Waals surface area contributed by atoms with Crippen molar-refractivity contribution in [1.29, 1.82) is 0 Å². The number of methoxy groups -OCH3 is 1. The van der Waals surface area contributed by atoms with Gasteiger partial charge in [0.25, 0.3) is 5.92 Å². The summed E-state index contributed by atoms with van der Waals surface area (Å²) in [6.45, 7) is 1.74. The Labute approximate surface area is 116 Å². The molecule has 0 heterocycles. The number of hydrogen-bond donors (Lipinski definition) is 0. The van der Waals surface area contributed by atoms with Crippen LogP contribution in [-0.2, 0) is 9.53 Å². The smallest absolute Gasteiger partial charge is 0.338 e.